The van der Waals surface area contributed by atoms with Gasteiger partial charge in [0.25, 0.3) is 0 Å². The zero-order chi connectivity index (χ0) is 26.0. The second kappa shape index (κ2) is 10.9. The molecule has 190 valence electrons. The van der Waals surface area contributed by atoms with E-state index >= 15 is 0 Å². The Morgan fingerprint density at radius 1 is 1.00 bits per heavy atom. The highest BCUT2D eigenvalue weighted by atomic mass is 35.5. The van der Waals surface area contributed by atoms with Gasteiger partial charge in [-0.15, -0.1) is 22.7 Å². The van der Waals surface area contributed by atoms with E-state index in [9.17, 15) is 8.42 Å². The molecule has 5 aromatic rings. The number of nitrogens with zero attached hydrogens (tertiary/aromatic N) is 3. The van der Waals surface area contributed by atoms with E-state index in [0.29, 0.717) is 9.92 Å². The Balaban J connectivity index is 1.43. The maximum Gasteiger partial charge on any atom is 0.175 e. The SMILES string of the molecule is Cc1nc(CNCCc2cc(-c3ccc(-c4cccc(S(C)(=O)=O)c4)s3)n(-c3ccccc3Cl)n2)cs1. The molecule has 0 aliphatic rings. The molecule has 0 fully saturated rings. The van der Waals surface area contributed by atoms with Crippen LogP contribution in [0.25, 0.3) is 26.7 Å². The molecule has 0 saturated heterocycles. The highest BCUT2D eigenvalue weighted by Crippen LogP contribution is 2.37. The number of halogens is 1. The third kappa shape index (κ3) is 6.02. The molecule has 0 aliphatic carbocycles. The minimum Gasteiger partial charge on any atom is -0.311 e. The predicted molar refractivity (Wildman–Crippen MR) is 153 cm³/mol. The number of aryl methyl sites for hydroxylation is 1. The molecule has 0 unspecified atom stereocenters. The molecular weight excluding hydrogens is 544 g/mol. The van der Waals surface area contributed by atoms with Gasteiger partial charge in [-0.2, -0.15) is 5.10 Å². The second-order valence-corrected chi connectivity index (χ2v) is 13.2. The fourth-order valence-corrected chi connectivity index (χ4v) is 6.47. The second-order valence-electron chi connectivity index (χ2n) is 8.63. The molecule has 10 heteroatoms. The third-order valence-corrected chi connectivity index (χ3v) is 9.19. The molecule has 5 rings (SSSR count). The topological polar surface area (TPSA) is 76.9 Å². The molecule has 2 aromatic carbocycles. The van der Waals surface area contributed by atoms with E-state index in [1.54, 1.807) is 40.9 Å². The average molecular weight is 569 g/mol. The number of thiazole rings is 1. The molecule has 0 saturated carbocycles. The van der Waals surface area contributed by atoms with Crippen LogP contribution in [-0.2, 0) is 22.8 Å². The largest absolute Gasteiger partial charge is 0.311 e. The van der Waals surface area contributed by atoms with Crippen LogP contribution in [-0.4, -0.2) is 36.0 Å². The Hall–Kier alpha value is -2.82. The van der Waals surface area contributed by atoms with E-state index in [4.69, 9.17) is 16.7 Å². The summed E-state index contributed by atoms with van der Waals surface area (Å²) in [5, 5.41) is 12.1. The molecule has 0 atom stereocenters. The summed E-state index contributed by atoms with van der Waals surface area (Å²) in [6.07, 6.45) is 1.98. The molecule has 0 spiro atoms. The molecule has 0 aliphatic heterocycles. The number of rotatable bonds is 9. The summed E-state index contributed by atoms with van der Waals surface area (Å²) in [7, 11) is -3.28. The average Bonchev–Trinajstić information content (AvgIpc) is 3.61. The maximum absolute atomic E-state index is 12.0. The molecule has 0 radical (unpaired) electrons. The number of hydrogen-bond donors (Lipinski definition) is 1. The first-order chi connectivity index (χ1) is 17.8. The van der Waals surface area contributed by atoms with Crippen molar-refractivity contribution in [1.29, 1.82) is 0 Å². The summed E-state index contributed by atoms with van der Waals surface area (Å²) in [4.78, 5) is 6.81. The number of para-hydroxylation sites is 1. The lowest BCUT2D eigenvalue weighted by Gasteiger charge is -2.08. The van der Waals surface area contributed by atoms with Crippen molar-refractivity contribution >= 4 is 44.1 Å². The van der Waals surface area contributed by atoms with Gasteiger partial charge in [0.2, 0.25) is 0 Å². The van der Waals surface area contributed by atoms with Crippen molar-refractivity contribution in [2.45, 2.75) is 24.8 Å². The monoisotopic (exact) mass is 568 g/mol. The normalized spacial score (nSPS) is 11.8. The predicted octanol–water partition coefficient (Wildman–Crippen LogP) is 6.42. The van der Waals surface area contributed by atoms with Crippen LogP contribution in [0.1, 0.15) is 16.4 Å². The molecule has 37 heavy (non-hydrogen) atoms. The fourth-order valence-electron chi connectivity index (χ4n) is 3.97. The summed E-state index contributed by atoms with van der Waals surface area (Å²) in [5.74, 6) is 0. The lowest BCUT2D eigenvalue weighted by Crippen LogP contribution is -2.17. The number of thiophene rings is 1. The van der Waals surface area contributed by atoms with E-state index < -0.39 is 9.84 Å². The van der Waals surface area contributed by atoms with Crippen molar-refractivity contribution in [2.75, 3.05) is 12.8 Å². The molecule has 0 bridgehead atoms. The van der Waals surface area contributed by atoms with Gasteiger partial charge in [0, 0.05) is 36.0 Å². The van der Waals surface area contributed by atoms with E-state index in [2.05, 4.69) is 21.7 Å². The van der Waals surface area contributed by atoms with Crippen LogP contribution in [0.3, 0.4) is 0 Å². The Bertz CT molecular complexity index is 1650. The lowest BCUT2D eigenvalue weighted by molar-refractivity contribution is 0.602. The maximum atomic E-state index is 12.0. The van der Waals surface area contributed by atoms with Crippen LogP contribution in [0.2, 0.25) is 5.02 Å². The summed E-state index contributed by atoms with van der Waals surface area (Å²) < 4.78 is 26.0. The van der Waals surface area contributed by atoms with Crippen molar-refractivity contribution in [2.24, 2.45) is 0 Å². The van der Waals surface area contributed by atoms with Gasteiger partial charge in [0.15, 0.2) is 9.84 Å². The van der Waals surface area contributed by atoms with Crippen molar-refractivity contribution in [3.8, 4) is 26.7 Å². The Labute approximate surface area is 229 Å². The van der Waals surface area contributed by atoms with Crippen LogP contribution >= 0.6 is 34.3 Å². The smallest absolute Gasteiger partial charge is 0.175 e. The number of hydrogen-bond acceptors (Lipinski definition) is 7. The van der Waals surface area contributed by atoms with E-state index in [1.807, 2.05) is 54.1 Å². The fraction of sp³-hybridized carbons (Fsp3) is 0.185. The Morgan fingerprint density at radius 2 is 1.81 bits per heavy atom. The summed E-state index contributed by atoms with van der Waals surface area (Å²) >= 11 is 9.80. The molecule has 1 N–H and O–H groups in total. The van der Waals surface area contributed by atoms with Crippen LogP contribution in [0.4, 0.5) is 0 Å². The third-order valence-electron chi connectivity index (χ3n) is 5.78. The summed E-state index contributed by atoms with van der Waals surface area (Å²) in [5.41, 5.74) is 4.62. The lowest BCUT2D eigenvalue weighted by atomic mass is 10.2. The van der Waals surface area contributed by atoms with Crippen molar-refractivity contribution in [3.05, 3.63) is 93.5 Å². The van der Waals surface area contributed by atoms with Crippen LogP contribution in [0.15, 0.2) is 77.0 Å². The molecule has 3 aromatic heterocycles. The van der Waals surface area contributed by atoms with E-state index in [1.165, 1.54) is 6.26 Å². The standard InChI is InChI=1S/C27H25ClN4O2S3/c1-18-30-21(17-35-18)16-29-13-12-20-15-25(32(31-20)24-9-4-3-8-23(24)28)27-11-10-26(36-27)19-6-5-7-22(14-19)37(2,33)34/h3-11,14-15,17,29H,12-13,16H2,1-2H3. The Kier molecular flexibility index (Phi) is 7.60. The van der Waals surface area contributed by atoms with Gasteiger partial charge in [0.05, 0.1) is 42.6 Å². The van der Waals surface area contributed by atoms with Crippen LogP contribution in [0, 0.1) is 6.92 Å². The zero-order valence-electron chi connectivity index (χ0n) is 20.3. The molecule has 3 heterocycles. The van der Waals surface area contributed by atoms with Crippen LogP contribution in [0.5, 0.6) is 0 Å². The van der Waals surface area contributed by atoms with Gasteiger partial charge in [-0.1, -0.05) is 35.9 Å². The van der Waals surface area contributed by atoms with Gasteiger partial charge < -0.3 is 5.32 Å². The zero-order valence-corrected chi connectivity index (χ0v) is 23.5. The highest BCUT2D eigenvalue weighted by molar-refractivity contribution is 7.90. The number of sulfone groups is 1. The van der Waals surface area contributed by atoms with Crippen molar-refractivity contribution < 1.29 is 8.42 Å². The number of nitrogens with one attached hydrogen (secondary N) is 1. The van der Waals surface area contributed by atoms with Gasteiger partial charge in [-0.3, -0.25) is 0 Å². The minimum atomic E-state index is -3.28. The summed E-state index contributed by atoms with van der Waals surface area (Å²) in [6, 6.07) is 20.9. The Morgan fingerprint density at radius 3 is 2.57 bits per heavy atom. The van der Waals surface area contributed by atoms with E-state index in [0.717, 1.165) is 62.6 Å². The highest BCUT2D eigenvalue weighted by Gasteiger charge is 2.17. The number of benzene rings is 2. The molecular formula is C27H25ClN4O2S3. The number of aromatic nitrogens is 3. The van der Waals surface area contributed by atoms with Gasteiger partial charge in [-0.25, -0.2) is 18.1 Å². The molecule has 6 nitrogen and oxygen atoms in total. The van der Waals surface area contributed by atoms with Gasteiger partial charge in [-0.05, 0) is 55.0 Å². The summed E-state index contributed by atoms with van der Waals surface area (Å²) in [6.45, 7) is 3.50. The first kappa shape index (κ1) is 25.8. The van der Waals surface area contributed by atoms with Gasteiger partial charge in [0.1, 0.15) is 0 Å². The van der Waals surface area contributed by atoms with Gasteiger partial charge >= 0.3 is 0 Å². The quantitative estimate of drug-likeness (QED) is 0.208. The van der Waals surface area contributed by atoms with Crippen molar-refractivity contribution in [1.82, 2.24) is 20.1 Å². The molecule has 0 amide bonds. The first-order valence-corrected chi connectivity index (χ1v) is 15.6. The first-order valence-electron chi connectivity index (χ1n) is 11.6. The van der Waals surface area contributed by atoms with E-state index in [-0.39, 0.29) is 0 Å². The van der Waals surface area contributed by atoms with Crippen molar-refractivity contribution in [3.63, 3.8) is 0 Å². The minimum absolute atomic E-state index is 0.309. The van der Waals surface area contributed by atoms with Crippen LogP contribution < -0.4 is 5.32 Å².